The van der Waals surface area contributed by atoms with E-state index < -0.39 is 99.2 Å². The molecule has 23 nitrogen and oxygen atoms in total. The molecule has 4 N–H and O–H groups in total. The summed E-state index contributed by atoms with van der Waals surface area (Å²) < 4.78 is 71.8. The molecule has 5 aromatic rings. The van der Waals surface area contributed by atoms with Crippen LogP contribution < -0.4 is 10.5 Å². The highest BCUT2D eigenvalue weighted by molar-refractivity contribution is 7.87. The van der Waals surface area contributed by atoms with Gasteiger partial charge in [0.15, 0.2) is 17.2 Å². The van der Waals surface area contributed by atoms with E-state index in [0.717, 1.165) is 38.5 Å². The van der Waals surface area contributed by atoms with Crippen LogP contribution in [0.25, 0.3) is 10.8 Å². The van der Waals surface area contributed by atoms with E-state index in [1.54, 1.807) is 31.2 Å². The third-order valence-corrected chi connectivity index (χ3v) is 11.0. The lowest BCUT2D eigenvalue weighted by Crippen LogP contribution is -2.15. The molecule has 0 aliphatic rings. The van der Waals surface area contributed by atoms with Crippen LogP contribution in [0, 0.1) is 17.0 Å². The van der Waals surface area contributed by atoms with Crippen LogP contribution in [0.2, 0.25) is 0 Å². The van der Waals surface area contributed by atoms with Crippen LogP contribution in [0.15, 0.2) is 113 Å². The highest BCUT2D eigenvalue weighted by Gasteiger charge is 2.30. The third kappa shape index (κ3) is 10.6. The predicted octanol–water partition coefficient (Wildman–Crippen LogP) is 7.01. The number of carbonyl (C=O) groups excluding carboxylic acids is 2. The summed E-state index contributed by atoms with van der Waals surface area (Å²) >= 11 is 0. The molecule has 0 unspecified atom stereocenters. The number of nitrogens with two attached hydrogens (primary N) is 1. The first-order valence-corrected chi connectivity index (χ1v) is 20.1. The van der Waals surface area contributed by atoms with Crippen molar-refractivity contribution in [1.29, 1.82) is 0 Å². The zero-order chi connectivity index (χ0) is 45.4. The minimum Gasteiger partial charge on any atom is -0.505 e. The van der Waals surface area contributed by atoms with E-state index in [-0.39, 0.29) is 23.4 Å². The number of nitro benzene ring substituents is 1. The van der Waals surface area contributed by atoms with Crippen LogP contribution in [-0.2, 0) is 54.1 Å². The Bertz CT molecular complexity index is 2920. The molecular weight excluding hydrogens is 861 g/mol. The molecule has 322 valence electrons. The van der Waals surface area contributed by atoms with E-state index >= 15 is 0 Å². The lowest BCUT2D eigenvalue weighted by molar-refractivity contribution is -0.384. The summed E-state index contributed by atoms with van der Waals surface area (Å²) in [5.74, 6) is -2.65. The molecular formula is C37H32N8O15S2. The molecule has 5 rings (SSSR count). The van der Waals surface area contributed by atoms with Crippen molar-refractivity contribution < 1.29 is 64.2 Å². The Morgan fingerprint density at radius 2 is 1.40 bits per heavy atom. The Balaban J connectivity index is 1.58. The van der Waals surface area contributed by atoms with Crippen molar-refractivity contribution in [1.82, 2.24) is 0 Å². The van der Waals surface area contributed by atoms with Crippen molar-refractivity contribution in [3.05, 3.63) is 94.0 Å². The van der Waals surface area contributed by atoms with Gasteiger partial charge in [-0.05, 0) is 78.7 Å². The summed E-state index contributed by atoms with van der Waals surface area (Å²) in [6, 6.07) is 15.9. The van der Waals surface area contributed by atoms with Crippen LogP contribution in [-0.4, -0.2) is 77.6 Å². The fourth-order valence-corrected chi connectivity index (χ4v) is 7.18. The molecule has 0 aliphatic heterocycles. The maximum absolute atomic E-state index is 13.3. The Kier molecular flexibility index (Phi) is 14.2. The predicted molar refractivity (Wildman–Crippen MR) is 216 cm³/mol. The Labute approximate surface area is 350 Å². The standard InChI is InChI=1S/C37H32N8O15S2/c1-20-12-23(7-11-27(20)41-39-22-5-8-25(9-6-22)60-19-46)40-43-29-16-31(61(53,54)57-2)26-15-32(62(55,56)58-3)36(37(50)34(26)35(29)38)44-42-28-10-4-21(14-30(28)45(51)52)13-24(47)17-59-18-33(48)49/h4-12,14-16,19,50H,13,17-18,38H2,1-3H3,(H,48,49). The zero-order valence-corrected chi connectivity index (χ0v) is 34.0. The minimum absolute atomic E-state index is 0.111. The molecule has 0 aliphatic carbocycles. The number of nitrogens with zero attached hydrogens (tertiary/aromatic N) is 7. The Hall–Kier alpha value is -7.45. The Morgan fingerprint density at radius 3 is 2.03 bits per heavy atom. The number of carbonyl (C=O) groups is 3. The number of hydrogen-bond acceptors (Lipinski definition) is 21. The monoisotopic (exact) mass is 892 g/mol. The number of nitro groups is 1. The molecule has 25 heteroatoms. The molecule has 0 radical (unpaired) electrons. The van der Waals surface area contributed by atoms with Crippen LogP contribution in [0.1, 0.15) is 11.1 Å². The second-order valence-corrected chi connectivity index (χ2v) is 15.9. The van der Waals surface area contributed by atoms with Crippen LogP contribution in [0.4, 0.5) is 45.5 Å². The summed E-state index contributed by atoms with van der Waals surface area (Å²) in [5, 5.41) is 55.6. The quantitative estimate of drug-likeness (QED) is 0.0187. The van der Waals surface area contributed by atoms with Gasteiger partial charge in [-0.2, -0.15) is 32.2 Å². The zero-order valence-electron chi connectivity index (χ0n) is 32.4. The number of rotatable bonds is 19. The number of phenolic OH excluding ortho intramolecular Hbond substituents is 1. The molecule has 0 fully saturated rings. The molecule has 0 saturated carbocycles. The molecule has 62 heavy (non-hydrogen) atoms. The molecule has 0 aromatic heterocycles. The second kappa shape index (κ2) is 19.3. The van der Waals surface area contributed by atoms with E-state index in [1.165, 1.54) is 24.3 Å². The summed E-state index contributed by atoms with van der Waals surface area (Å²) in [7, 11) is -7.99. The molecule has 0 bridgehead atoms. The number of aromatic hydroxyl groups is 1. The number of benzene rings is 5. The topological polar surface area (TPSA) is 340 Å². The van der Waals surface area contributed by atoms with Crippen LogP contribution >= 0.6 is 0 Å². The van der Waals surface area contributed by atoms with Crippen molar-refractivity contribution in [3.63, 3.8) is 0 Å². The number of fused-ring (bicyclic) bond motifs is 1. The number of aliphatic carboxylic acids is 1. The first-order chi connectivity index (χ1) is 29.4. The van der Waals surface area contributed by atoms with Gasteiger partial charge in [0.1, 0.15) is 40.1 Å². The Morgan fingerprint density at radius 1 is 0.790 bits per heavy atom. The number of carboxylic acid groups (broad SMARTS) is 1. The fraction of sp³-hybridized carbons (Fsp3) is 0.162. The van der Waals surface area contributed by atoms with Gasteiger partial charge in [0, 0.05) is 17.9 Å². The molecule has 0 spiro atoms. The van der Waals surface area contributed by atoms with Crippen molar-refractivity contribution in [2.75, 3.05) is 33.2 Å². The largest absolute Gasteiger partial charge is 0.505 e. The number of hydrogen-bond donors (Lipinski definition) is 3. The SMILES string of the molecule is COS(=O)(=O)c1cc2c(S(=O)(=O)OC)cc(N=Nc3ccc(N=Nc4ccc(OC=O)cc4)c(C)c3)c(N)c2c(O)c1N=Nc1ccc(CC(=O)COCC(=O)O)cc1[N+](=O)[O-]. The second-order valence-electron chi connectivity index (χ2n) is 12.5. The number of azo groups is 3. The van der Waals surface area contributed by atoms with E-state index in [9.17, 15) is 46.4 Å². The number of ether oxygens (including phenoxy) is 2. The average Bonchev–Trinajstić information content (AvgIpc) is 3.23. The number of aryl methyl sites for hydroxylation is 1. The molecule has 0 saturated heterocycles. The van der Waals surface area contributed by atoms with Gasteiger partial charge < -0.3 is 25.4 Å². The number of phenols is 1. The van der Waals surface area contributed by atoms with Crippen molar-refractivity contribution in [2.24, 2.45) is 30.7 Å². The summed E-state index contributed by atoms with van der Waals surface area (Å²) in [5.41, 5.74) is 5.45. The lowest BCUT2D eigenvalue weighted by atomic mass is 10.0. The number of carboxylic acids is 1. The van der Waals surface area contributed by atoms with Crippen LogP contribution in [0.5, 0.6) is 11.5 Å². The molecule has 0 heterocycles. The maximum atomic E-state index is 13.3. The van der Waals surface area contributed by atoms with Crippen molar-refractivity contribution in [2.45, 2.75) is 23.1 Å². The number of anilines is 1. The third-order valence-electron chi connectivity index (χ3n) is 8.43. The van der Waals surface area contributed by atoms with Gasteiger partial charge in [0.2, 0.25) is 0 Å². The first-order valence-electron chi connectivity index (χ1n) is 17.3. The van der Waals surface area contributed by atoms with Gasteiger partial charge >= 0.3 is 5.97 Å². The molecule has 0 amide bonds. The van der Waals surface area contributed by atoms with E-state index in [0.29, 0.717) is 29.2 Å². The average molecular weight is 893 g/mol. The maximum Gasteiger partial charge on any atom is 0.329 e. The van der Waals surface area contributed by atoms with Crippen LogP contribution in [0.3, 0.4) is 0 Å². The van der Waals surface area contributed by atoms with Gasteiger partial charge in [-0.15, -0.1) is 15.3 Å². The highest BCUT2D eigenvalue weighted by atomic mass is 32.2. The van der Waals surface area contributed by atoms with E-state index in [1.807, 2.05) is 0 Å². The summed E-state index contributed by atoms with van der Waals surface area (Å²) in [4.78, 5) is 42.9. The lowest BCUT2D eigenvalue weighted by Gasteiger charge is -2.15. The minimum atomic E-state index is -4.86. The van der Waals surface area contributed by atoms with Gasteiger partial charge in [-0.1, -0.05) is 6.07 Å². The van der Waals surface area contributed by atoms with E-state index in [4.69, 9.17) is 24.5 Å². The number of ketones is 1. The summed E-state index contributed by atoms with van der Waals surface area (Å²) in [6.07, 6.45) is -0.389. The first kappa shape index (κ1) is 45.6. The summed E-state index contributed by atoms with van der Waals surface area (Å²) in [6.45, 7) is 0.674. The molecule has 5 aromatic carbocycles. The fourth-order valence-electron chi connectivity index (χ4n) is 5.49. The smallest absolute Gasteiger partial charge is 0.329 e. The number of nitrogen functional groups attached to an aromatic ring is 1. The molecule has 0 atom stereocenters. The van der Waals surface area contributed by atoms with E-state index in [2.05, 4.69) is 34.9 Å². The van der Waals surface area contributed by atoms with Gasteiger partial charge in [-0.3, -0.25) is 28.1 Å². The normalized spacial score (nSPS) is 12.1. The van der Waals surface area contributed by atoms with Gasteiger partial charge in [0.05, 0.1) is 47.3 Å². The van der Waals surface area contributed by atoms with Crippen molar-refractivity contribution in [3.8, 4) is 11.5 Å². The number of Topliss-reactive ketones (excluding diaryl/α,β-unsaturated/α-hetero) is 1. The van der Waals surface area contributed by atoms with Gasteiger partial charge in [0.25, 0.3) is 32.4 Å². The van der Waals surface area contributed by atoms with Gasteiger partial charge in [-0.25, -0.2) is 4.79 Å². The van der Waals surface area contributed by atoms with Crippen molar-refractivity contribution >= 4 is 94.7 Å². The highest BCUT2D eigenvalue weighted by Crippen LogP contribution is 2.49.